The molecule has 4 heteroatoms. The smallest absolute Gasteiger partial charge is 0.0946 e. The highest BCUT2D eigenvalue weighted by molar-refractivity contribution is 4.81. The lowest BCUT2D eigenvalue weighted by molar-refractivity contribution is 0.151. The summed E-state index contributed by atoms with van der Waals surface area (Å²) in [5.41, 5.74) is 0. The highest BCUT2D eigenvalue weighted by atomic mass is 15.1. The average molecular weight is 264 g/mol. The Balaban J connectivity index is 1.68. The van der Waals surface area contributed by atoms with Gasteiger partial charge in [0.1, 0.15) is 0 Å². The van der Waals surface area contributed by atoms with Gasteiger partial charge in [0, 0.05) is 38.1 Å². The number of nitrogens with zero attached hydrogens (tertiary/aromatic N) is 3. The fourth-order valence-corrected chi connectivity index (χ4v) is 3.03. The van der Waals surface area contributed by atoms with E-state index in [-0.39, 0.29) is 0 Å². The zero-order valence-electron chi connectivity index (χ0n) is 12.4. The topological polar surface area (TPSA) is 33.1 Å². The zero-order chi connectivity index (χ0) is 13.5. The SMILES string of the molecule is CCCN1CCCC(C(C)NCCn2ccnc2)C1. The number of imidazole rings is 1. The number of likely N-dealkylation sites (tertiary alicyclic amines) is 1. The second kappa shape index (κ2) is 7.65. The van der Waals surface area contributed by atoms with Gasteiger partial charge < -0.3 is 14.8 Å². The maximum Gasteiger partial charge on any atom is 0.0946 e. The van der Waals surface area contributed by atoms with Gasteiger partial charge >= 0.3 is 0 Å². The lowest BCUT2D eigenvalue weighted by atomic mass is 9.91. The second-order valence-corrected chi connectivity index (χ2v) is 5.75. The van der Waals surface area contributed by atoms with Crippen molar-refractivity contribution >= 4 is 0 Å². The summed E-state index contributed by atoms with van der Waals surface area (Å²) in [7, 11) is 0. The maximum atomic E-state index is 4.07. The van der Waals surface area contributed by atoms with E-state index >= 15 is 0 Å². The van der Waals surface area contributed by atoms with Gasteiger partial charge in [0.05, 0.1) is 6.33 Å². The Bertz CT molecular complexity index is 334. The number of nitrogens with one attached hydrogen (secondary N) is 1. The Morgan fingerprint density at radius 2 is 2.32 bits per heavy atom. The molecule has 1 aliphatic heterocycles. The molecule has 2 unspecified atom stereocenters. The highest BCUT2D eigenvalue weighted by Crippen LogP contribution is 2.19. The molecule has 0 spiro atoms. The van der Waals surface area contributed by atoms with E-state index in [9.17, 15) is 0 Å². The fraction of sp³-hybridized carbons (Fsp3) is 0.800. The Morgan fingerprint density at radius 3 is 3.05 bits per heavy atom. The van der Waals surface area contributed by atoms with Crippen molar-refractivity contribution in [1.82, 2.24) is 19.8 Å². The van der Waals surface area contributed by atoms with Crippen LogP contribution in [0.2, 0.25) is 0 Å². The summed E-state index contributed by atoms with van der Waals surface area (Å²) in [6, 6.07) is 0.614. The third kappa shape index (κ3) is 4.62. The van der Waals surface area contributed by atoms with Crippen molar-refractivity contribution < 1.29 is 0 Å². The van der Waals surface area contributed by atoms with Gasteiger partial charge in [-0.1, -0.05) is 6.92 Å². The molecule has 0 aromatic carbocycles. The Kier molecular flexibility index (Phi) is 5.86. The molecule has 1 N–H and O–H groups in total. The Hall–Kier alpha value is -0.870. The van der Waals surface area contributed by atoms with Gasteiger partial charge in [-0.2, -0.15) is 0 Å². The van der Waals surface area contributed by atoms with Gasteiger partial charge in [-0.3, -0.25) is 0 Å². The van der Waals surface area contributed by atoms with Crippen molar-refractivity contribution in [1.29, 1.82) is 0 Å². The van der Waals surface area contributed by atoms with Crippen LogP contribution in [-0.2, 0) is 6.54 Å². The van der Waals surface area contributed by atoms with Crippen LogP contribution in [0.1, 0.15) is 33.1 Å². The minimum atomic E-state index is 0.614. The molecule has 19 heavy (non-hydrogen) atoms. The fourth-order valence-electron chi connectivity index (χ4n) is 3.03. The molecule has 0 radical (unpaired) electrons. The number of aromatic nitrogens is 2. The molecule has 1 saturated heterocycles. The molecular formula is C15H28N4. The minimum Gasteiger partial charge on any atom is -0.336 e. The average Bonchev–Trinajstić information content (AvgIpc) is 2.92. The van der Waals surface area contributed by atoms with Crippen LogP contribution in [0.5, 0.6) is 0 Å². The molecule has 2 heterocycles. The standard InChI is InChI=1S/C15H28N4/c1-3-8-18-9-4-5-15(12-18)14(2)17-7-11-19-10-6-16-13-19/h6,10,13-15,17H,3-5,7-9,11-12H2,1-2H3. The van der Waals surface area contributed by atoms with Crippen molar-refractivity contribution in [2.45, 2.75) is 45.7 Å². The minimum absolute atomic E-state index is 0.614. The van der Waals surface area contributed by atoms with E-state index in [0.717, 1.165) is 19.0 Å². The van der Waals surface area contributed by atoms with Crippen molar-refractivity contribution in [2.75, 3.05) is 26.2 Å². The monoisotopic (exact) mass is 264 g/mol. The third-order valence-corrected chi connectivity index (χ3v) is 4.18. The number of piperidine rings is 1. The maximum absolute atomic E-state index is 4.07. The second-order valence-electron chi connectivity index (χ2n) is 5.75. The predicted octanol–water partition coefficient (Wildman–Crippen LogP) is 1.98. The Morgan fingerprint density at radius 1 is 1.42 bits per heavy atom. The van der Waals surface area contributed by atoms with Crippen LogP contribution in [0.15, 0.2) is 18.7 Å². The van der Waals surface area contributed by atoms with Gasteiger partial charge in [-0.05, 0) is 45.2 Å². The summed E-state index contributed by atoms with van der Waals surface area (Å²) in [5, 5.41) is 3.68. The lowest BCUT2D eigenvalue weighted by Gasteiger charge is -2.36. The largest absolute Gasteiger partial charge is 0.336 e. The van der Waals surface area contributed by atoms with Crippen LogP contribution < -0.4 is 5.32 Å². The number of hydrogen-bond donors (Lipinski definition) is 1. The molecule has 0 bridgehead atoms. The number of rotatable bonds is 7. The summed E-state index contributed by atoms with van der Waals surface area (Å²) in [4.78, 5) is 6.70. The van der Waals surface area contributed by atoms with Gasteiger partial charge in [-0.25, -0.2) is 4.98 Å². The summed E-state index contributed by atoms with van der Waals surface area (Å²) in [5.74, 6) is 0.808. The molecule has 0 saturated carbocycles. The summed E-state index contributed by atoms with van der Waals surface area (Å²) in [6.07, 6.45) is 9.76. The summed E-state index contributed by atoms with van der Waals surface area (Å²) in [6.45, 7) is 10.5. The first-order valence-corrected chi connectivity index (χ1v) is 7.71. The van der Waals surface area contributed by atoms with Crippen LogP contribution in [-0.4, -0.2) is 46.7 Å². The van der Waals surface area contributed by atoms with Crippen molar-refractivity contribution in [3.8, 4) is 0 Å². The van der Waals surface area contributed by atoms with Crippen molar-refractivity contribution in [2.24, 2.45) is 5.92 Å². The van der Waals surface area contributed by atoms with Crippen LogP contribution in [0.25, 0.3) is 0 Å². The molecular weight excluding hydrogens is 236 g/mol. The normalized spacial score (nSPS) is 22.5. The predicted molar refractivity (Wildman–Crippen MR) is 79.1 cm³/mol. The zero-order valence-corrected chi connectivity index (χ0v) is 12.4. The molecule has 1 fully saturated rings. The van der Waals surface area contributed by atoms with Crippen LogP contribution in [0, 0.1) is 5.92 Å². The lowest BCUT2D eigenvalue weighted by Crippen LogP contribution is -2.45. The van der Waals surface area contributed by atoms with E-state index in [1.807, 2.05) is 18.7 Å². The van der Waals surface area contributed by atoms with E-state index in [2.05, 4.69) is 33.6 Å². The molecule has 2 atom stereocenters. The quantitative estimate of drug-likeness (QED) is 0.817. The molecule has 4 nitrogen and oxygen atoms in total. The molecule has 0 aliphatic carbocycles. The molecule has 1 aliphatic rings. The molecule has 108 valence electrons. The van der Waals surface area contributed by atoms with Crippen molar-refractivity contribution in [3.05, 3.63) is 18.7 Å². The summed E-state index contributed by atoms with van der Waals surface area (Å²) < 4.78 is 2.13. The molecule has 1 aromatic heterocycles. The van der Waals surface area contributed by atoms with E-state index in [1.54, 1.807) is 0 Å². The van der Waals surface area contributed by atoms with E-state index in [0.29, 0.717) is 6.04 Å². The van der Waals surface area contributed by atoms with E-state index in [4.69, 9.17) is 0 Å². The van der Waals surface area contributed by atoms with Gasteiger partial charge in [0.2, 0.25) is 0 Å². The van der Waals surface area contributed by atoms with E-state index < -0.39 is 0 Å². The van der Waals surface area contributed by atoms with Crippen LogP contribution in [0.4, 0.5) is 0 Å². The van der Waals surface area contributed by atoms with Crippen LogP contribution >= 0.6 is 0 Å². The first-order chi connectivity index (χ1) is 9.29. The first kappa shape index (κ1) is 14.5. The van der Waals surface area contributed by atoms with E-state index in [1.165, 1.54) is 38.9 Å². The van der Waals surface area contributed by atoms with Crippen LogP contribution in [0.3, 0.4) is 0 Å². The first-order valence-electron chi connectivity index (χ1n) is 7.71. The van der Waals surface area contributed by atoms with Gasteiger partial charge in [0.25, 0.3) is 0 Å². The highest BCUT2D eigenvalue weighted by Gasteiger charge is 2.23. The van der Waals surface area contributed by atoms with Gasteiger partial charge in [0.15, 0.2) is 0 Å². The molecule has 1 aromatic rings. The Labute approximate surface area is 117 Å². The third-order valence-electron chi connectivity index (χ3n) is 4.18. The number of hydrogen-bond acceptors (Lipinski definition) is 3. The summed E-state index contributed by atoms with van der Waals surface area (Å²) >= 11 is 0. The molecule has 2 rings (SSSR count). The van der Waals surface area contributed by atoms with Crippen molar-refractivity contribution in [3.63, 3.8) is 0 Å². The molecule has 0 amide bonds. The van der Waals surface area contributed by atoms with Gasteiger partial charge in [-0.15, -0.1) is 0 Å².